The highest BCUT2D eigenvalue weighted by Crippen LogP contribution is 2.58. The molecule has 2 saturated carbocycles. The van der Waals surface area contributed by atoms with Gasteiger partial charge in [0.25, 0.3) is 0 Å². The minimum absolute atomic E-state index is 0.302. The molecule has 2 aliphatic rings. The summed E-state index contributed by atoms with van der Waals surface area (Å²) in [6, 6.07) is 15.1. The lowest BCUT2D eigenvalue weighted by Crippen LogP contribution is -2.28. The highest BCUT2D eigenvalue weighted by molar-refractivity contribution is 7.67. The molecule has 0 atom stereocenters. The van der Waals surface area contributed by atoms with Gasteiger partial charge in [0.05, 0.1) is 19.5 Å². The first-order valence-corrected chi connectivity index (χ1v) is 12.9. The van der Waals surface area contributed by atoms with Gasteiger partial charge in [0.1, 0.15) is 11.5 Å². The van der Waals surface area contributed by atoms with Crippen LogP contribution in [0.5, 0.6) is 11.5 Å². The van der Waals surface area contributed by atoms with Gasteiger partial charge in [-0.25, -0.2) is 0 Å². The molecule has 0 unspecified atom stereocenters. The molecule has 2 fully saturated rings. The lowest BCUT2D eigenvalue weighted by atomic mass is 9.99. The Morgan fingerprint density at radius 2 is 1.28 bits per heavy atom. The molecule has 2 aromatic rings. The van der Waals surface area contributed by atoms with E-state index in [0.29, 0.717) is 0 Å². The van der Waals surface area contributed by atoms with Gasteiger partial charge >= 0.3 is 0 Å². The van der Waals surface area contributed by atoms with E-state index in [1.807, 2.05) is 14.2 Å². The van der Waals surface area contributed by atoms with Gasteiger partial charge in [0.2, 0.25) is 0 Å². The molecule has 4 rings (SSSR count). The first kappa shape index (κ1) is 20.7. The second-order valence-electron chi connectivity index (χ2n) is 8.55. The SMILES string of the molecule is COc1ccc(-c2ccccc2)c(OC)c1P(C1CCCCC1)C1CCCCC1. The summed E-state index contributed by atoms with van der Waals surface area (Å²) < 4.78 is 12.1. The Morgan fingerprint density at radius 1 is 0.690 bits per heavy atom. The Bertz CT molecular complexity index is 759. The molecule has 2 aliphatic carbocycles. The predicted molar refractivity (Wildman–Crippen MR) is 125 cm³/mol. The zero-order valence-corrected chi connectivity index (χ0v) is 18.9. The molecule has 156 valence electrons. The van der Waals surface area contributed by atoms with E-state index in [-0.39, 0.29) is 7.92 Å². The Morgan fingerprint density at radius 3 is 1.79 bits per heavy atom. The largest absolute Gasteiger partial charge is 0.496 e. The molecule has 29 heavy (non-hydrogen) atoms. The maximum atomic E-state index is 6.17. The lowest BCUT2D eigenvalue weighted by Gasteiger charge is -2.40. The van der Waals surface area contributed by atoms with Crippen LogP contribution in [0, 0.1) is 0 Å². The molecule has 0 bridgehead atoms. The van der Waals surface area contributed by atoms with Crippen molar-refractivity contribution in [2.24, 2.45) is 0 Å². The summed E-state index contributed by atoms with van der Waals surface area (Å²) in [5.41, 5.74) is 4.07. The number of benzene rings is 2. The molecular formula is C26H35O2P. The normalized spacial score (nSPS) is 18.7. The second kappa shape index (κ2) is 9.98. The van der Waals surface area contributed by atoms with E-state index >= 15 is 0 Å². The van der Waals surface area contributed by atoms with Crippen LogP contribution < -0.4 is 14.8 Å². The molecule has 2 aromatic carbocycles. The lowest BCUT2D eigenvalue weighted by molar-refractivity contribution is 0.401. The highest BCUT2D eigenvalue weighted by atomic mass is 31.1. The van der Waals surface area contributed by atoms with Crippen molar-refractivity contribution in [2.45, 2.75) is 75.5 Å². The minimum atomic E-state index is -0.302. The van der Waals surface area contributed by atoms with Gasteiger partial charge in [-0.2, -0.15) is 0 Å². The van der Waals surface area contributed by atoms with Crippen molar-refractivity contribution in [3.8, 4) is 22.6 Å². The molecule has 0 heterocycles. The molecule has 0 aliphatic heterocycles. The van der Waals surface area contributed by atoms with Crippen molar-refractivity contribution >= 4 is 13.2 Å². The second-order valence-corrected chi connectivity index (χ2v) is 11.3. The molecule has 3 heteroatoms. The summed E-state index contributed by atoms with van der Waals surface area (Å²) in [5, 5.41) is 1.41. The minimum Gasteiger partial charge on any atom is -0.496 e. The van der Waals surface area contributed by atoms with Crippen molar-refractivity contribution in [1.82, 2.24) is 0 Å². The number of hydrogen-bond acceptors (Lipinski definition) is 2. The van der Waals surface area contributed by atoms with Crippen LogP contribution >= 0.6 is 7.92 Å². The third-order valence-corrected chi connectivity index (χ3v) is 10.3. The summed E-state index contributed by atoms with van der Waals surface area (Å²) in [5.74, 6) is 2.11. The van der Waals surface area contributed by atoms with Crippen LogP contribution in [0.25, 0.3) is 11.1 Å². The number of rotatable bonds is 6. The zero-order chi connectivity index (χ0) is 20.1. The van der Waals surface area contributed by atoms with Gasteiger partial charge in [-0.3, -0.25) is 0 Å². The Balaban J connectivity index is 1.85. The maximum absolute atomic E-state index is 6.17. The first-order chi connectivity index (χ1) is 14.3. The molecule has 0 saturated heterocycles. The summed E-state index contributed by atoms with van der Waals surface area (Å²) in [6.45, 7) is 0. The van der Waals surface area contributed by atoms with E-state index in [1.54, 1.807) is 0 Å². The van der Waals surface area contributed by atoms with Crippen LogP contribution in [0.4, 0.5) is 0 Å². The summed E-state index contributed by atoms with van der Waals surface area (Å²) >= 11 is 0. The van der Waals surface area contributed by atoms with E-state index in [4.69, 9.17) is 9.47 Å². The van der Waals surface area contributed by atoms with Crippen LogP contribution in [0.15, 0.2) is 42.5 Å². The van der Waals surface area contributed by atoms with E-state index in [1.165, 1.54) is 80.6 Å². The smallest absolute Gasteiger partial charge is 0.138 e. The fraction of sp³-hybridized carbons (Fsp3) is 0.538. The van der Waals surface area contributed by atoms with Crippen LogP contribution in [0.3, 0.4) is 0 Å². The molecule has 2 nitrogen and oxygen atoms in total. The van der Waals surface area contributed by atoms with E-state index in [0.717, 1.165) is 22.8 Å². The van der Waals surface area contributed by atoms with Crippen molar-refractivity contribution < 1.29 is 9.47 Å². The zero-order valence-electron chi connectivity index (χ0n) is 18.0. The Kier molecular flexibility index (Phi) is 7.14. The van der Waals surface area contributed by atoms with Gasteiger partial charge in [0.15, 0.2) is 0 Å². The summed E-state index contributed by atoms with van der Waals surface area (Å²) in [7, 11) is 3.37. The van der Waals surface area contributed by atoms with Crippen molar-refractivity contribution in [2.75, 3.05) is 14.2 Å². The van der Waals surface area contributed by atoms with Crippen molar-refractivity contribution in [3.63, 3.8) is 0 Å². The standard InChI is InChI=1S/C26H35O2P/c1-27-24-19-18-23(20-12-6-3-7-13-20)25(28-2)26(24)29(21-14-8-4-9-15-21)22-16-10-5-11-17-22/h3,6-7,12-13,18-19,21-22H,4-5,8-11,14-17H2,1-2H3. The van der Waals surface area contributed by atoms with Crippen LogP contribution in [-0.2, 0) is 0 Å². The first-order valence-electron chi connectivity index (χ1n) is 11.4. The molecule has 0 amide bonds. The maximum Gasteiger partial charge on any atom is 0.138 e. The molecule has 0 N–H and O–H groups in total. The molecule has 0 aromatic heterocycles. The van der Waals surface area contributed by atoms with Crippen molar-refractivity contribution in [1.29, 1.82) is 0 Å². The number of ether oxygens (including phenoxy) is 2. The fourth-order valence-electron chi connectivity index (χ4n) is 5.40. The number of methoxy groups -OCH3 is 2. The average molecular weight is 411 g/mol. The van der Waals surface area contributed by atoms with Crippen LogP contribution in [0.2, 0.25) is 0 Å². The molecule has 0 radical (unpaired) electrons. The van der Waals surface area contributed by atoms with Gasteiger partial charge in [-0.05, 0) is 54.7 Å². The third-order valence-electron chi connectivity index (χ3n) is 6.80. The molecule has 0 spiro atoms. The quantitative estimate of drug-likeness (QED) is 0.471. The average Bonchev–Trinajstić information content (AvgIpc) is 2.81. The Hall–Kier alpha value is -1.53. The van der Waals surface area contributed by atoms with Gasteiger partial charge in [0, 0.05) is 5.56 Å². The van der Waals surface area contributed by atoms with Gasteiger partial charge < -0.3 is 9.47 Å². The monoisotopic (exact) mass is 410 g/mol. The van der Waals surface area contributed by atoms with E-state index in [2.05, 4.69) is 42.5 Å². The third kappa shape index (κ3) is 4.48. The number of hydrogen-bond donors (Lipinski definition) is 0. The summed E-state index contributed by atoms with van der Waals surface area (Å²) in [6.07, 6.45) is 13.9. The van der Waals surface area contributed by atoms with E-state index in [9.17, 15) is 0 Å². The predicted octanol–water partition coefficient (Wildman–Crippen LogP) is 7.14. The summed E-state index contributed by atoms with van der Waals surface area (Å²) in [4.78, 5) is 0. The van der Waals surface area contributed by atoms with Crippen LogP contribution in [0.1, 0.15) is 64.2 Å². The Labute approximate surface area is 177 Å². The fourth-order valence-corrected chi connectivity index (χ4v) is 9.43. The van der Waals surface area contributed by atoms with Gasteiger partial charge in [-0.15, -0.1) is 0 Å². The van der Waals surface area contributed by atoms with Gasteiger partial charge in [-0.1, -0.05) is 76.8 Å². The molecular weight excluding hydrogens is 375 g/mol. The highest BCUT2D eigenvalue weighted by Gasteiger charge is 2.36. The van der Waals surface area contributed by atoms with E-state index < -0.39 is 0 Å². The van der Waals surface area contributed by atoms with Crippen molar-refractivity contribution in [3.05, 3.63) is 42.5 Å². The van der Waals surface area contributed by atoms with Crippen LogP contribution in [-0.4, -0.2) is 25.5 Å². The topological polar surface area (TPSA) is 18.5 Å².